The maximum Gasteiger partial charge on any atom is 0.197 e. The first-order valence-corrected chi connectivity index (χ1v) is 8.10. The Morgan fingerprint density at radius 2 is 1.40 bits per heavy atom. The highest BCUT2D eigenvalue weighted by atomic mass is 19.1. The highest BCUT2D eigenvalue weighted by Crippen LogP contribution is 2.32. The van der Waals surface area contributed by atoms with E-state index in [2.05, 4.69) is 0 Å². The fourth-order valence-electron chi connectivity index (χ4n) is 3.32. The van der Waals surface area contributed by atoms with Crippen LogP contribution in [0.1, 0.15) is 0 Å². The summed E-state index contributed by atoms with van der Waals surface area (Å²) >= 11 is 0. The molecule has 2 nitrogen and oxygen atoms in total. The molecule has 0 aliphatic carbocycles. The Morgan fingerprint density at radius 1 is 0.800 bits per heavy atom. The molecule has 25 heavy (non-hydrogen) atoms. The van der Waals surface area contributed by atoms with Crippen LogP contribution in [0.15, 0.2) is 83.7 Å². The summed E-state index contributed by atoms with van der Waals surface area (Å²) in [4.78, 5) is 13.2. The van der Waals surface area contributed by atoms with Gasteiger partial charge in [0, 0.05) is 12.4 Å². The first kappa shape index (κ1) is 15.3. The van der Waals surface area contributed by atoms with Crippen LogP contribution in [-0.2, 0) is 7.05 Å². The van der Waals surface area contributed by atoms with Crippen LogP contribution in [0.3, 0.4) is 0 Å². The number of halogens is 1. The number of rotatable bonds is 2. The molecule has 0 aliphatic rings. The predicted octanol–water partition coefficient (Wildman–Crippen LogP) is 5.01. The van der Waals surface area contributed by atoms with Gasteiger partial charge in [-0.2, -0.15) is 0 Å². The van der Waals surface area contributed by atoms with Crippen LogP contribution in [0, 0.1) is 5.82 Å². The summed E-state index contributed by atoms with van der Waals surface area (Å²) in [5, 5.41) is 0.390. The number of aromatic nitrogens is 1. The number of hydrogen-bond acceptors (Lipinski definition) is 1. The third-order valence-electron chi connectivity index (χ3n) is 4.47. The summed E-state index contributed by atoms with van der Waals surface area (Å²) < 4.78 is 15.7. The molecule has 0 amide bonds. The lowest BCUT2D eigenvalue weighted by Crippen LogP contribution is -2.14. The van der Waals surface area contributed by atoms with Crippen LogP contribution in [0.4, 0.5) is 4.39 Å². The molecule has 0 spiro atoms. The normalized spacial score (nSPS) is 11.0. The Hall–Kier alpha value is -3.20. The molecule has 3 aromatic carbocycles. The molecule has 0 saturated heterocycles. The molecule has 0 unspecified atom stereocenters. The Morgan fingerprint density at radius 3 is 2.04 bits per heavy atom. The molecule has 0 N–H and O–H groups in total. The zero-order valence-corrected chi connectivity index (χ0v) is 13.7. The van der Waals surface area contributed by atoms with Crippen molar-refractivity contribution in [1.29, 1.82) is 0 Å². The molecule has 3 heteroatoms. The topological polar surface area (TPSA) is 22.0 Å². The Balaban J connectivity index is 2.21. The van der Waals surface area contributed by atoms with Crippen LogP contribution < -0.4 is 5.43 Å². The molecule has 1 heterocycles. The lowest BCUT2D eigenvalue weighted by Gasteiger charge is -2.18. The fourth-order valence-corrected chi connectivity index (χ4v) is 3.32. The Bertz CT molecular complexity index is 1120. The molecule has 4 rings (SSSR count). The summed E-state index contributed by atoms with van der Waals surface area (Å²) in [5.74, 6) is -0.406. The first-order valence-electron chi connectivity index (χ1n) is 8.10. The minimum absolute atomic E-state index is 0.155. The van der Waals surface area contributed by atoms with Crippen molar-refractivity contribution in [3.8, 4) is 22.4 Å². The molecule has 0 bridgehead atoms. The van der Waals surface area contributed by atoms with E-state index in [-0.39, 0.29) is 5.43 Å². The number of aryl methyl sites for hydroxylation is 1. The second kappa shape index (κ2) is 6.02. The number of benzene rings is 3. The number of fused-ring (bicyclic) bond motifs is 1. The van der Waals surface area contributed by atoms with E-state index in [4.69, 9.17) is 0 Å². The van der Waals surface area contributed by atoms with Gasteiger partial charge in [-0.25, -0.2) is 4.39 Å². The SMILES string of the molecule is Cn1c(-c2ccccc2)c(-c2ccccc2)c(=O)c2cc(F)ccc21. The van der Waals surface area contributed by atoms with E-state index < -0.39 is 5.82 Å². The van der Waals surface area contributed by atoms with Gasteiger partial charge in [-0.15, -0.1) is 0 Å². The zero-order valence-electron chi connectivity index (χ0n) is 13.7. The van der Waals surface area contributed by atoms with Crippen molar-refractivity contribution in [3.63, 3.8) is 0 Å². The van der Waals surface area contributed by atoms with Crippen molar-refractivity contribution in [3.05, 3.63) is 94.9 Å². The van der Waals surface area contributed by atoms with Gasteiger partial charge in [0.1, 0.15) is 5.82 Å². The van der Waals surface area contributed by atoms with Gasteiger partial charge in [0.25, 0.3) is 0 Å². The van der Waals surface area contributed by atoms with Crippen molar-refractivity contribution in [2.24, 2.45) is 7.05 Å². The first-order chi connectivity index (χ1) is 12.2. The van der Waals surface area contributed by atoms with Crippen LogP contribution >= 0.6 is 0 Å². The van der Waals surface area contributed by atoms with Gasteiger partial charge in [-0.3, -0.25) is 4.79 Å². The van der Waals surface area contributed by atoms with Crippen LogP contribution in [0.25, 0.3) is 33.3 Å². The van der Waals surface area contributed by atoms with Crippen molar-refractivity contribution in [1.82, 2.24) is 4.57 Å². The van der Waals surface area contributed by atoms with Crippen LogP contribution in [0.2, 0.25) is 0 Å². The fraction of sp³-hybridized carbons (Fsp3) is 0.0455. The molecule has 0 radical (unpaired) electrons. The van der Waals surface area contributed by atoms with E-state index >= 15 is 0 Å². The minimum atomic E-state index is -0.406. The van der Waals surface area contributed by atoms with E-state index in [1.54, 1.807) is 6.07 Å². The molecule has 0 saturated carbocycles. The van der Waals surface area contributed by atoms with Gasteiger partial charge in [-0.05, 0) is 29.3 Å². The summed E-state index contributed by atoms with van der Waals surface area (Å²) in [7, 11) is 1.91. The highest BCUT2D eigenvalue weighted by Gasteiger charge is 2.18. The quantitative estimate of drug-likeness (QED) is 0.506. The molecule has 0 atom stereocenters. The number of hydrogen-bond donors (Lipinski definition) is 0. The second-order valence-corrected chi connectivity index (χ2v) is 6.01. The van der Waals surface area contributed by atoms with Crippen LogP contribution in [0.5, 0.6) is 0 Å². The predicted molar refractivity (Wildman–Crippen MR) is 100 cm³/mol. The molecule has 0 aliphatic heterocycles. The van der Waals surface area contributed by atoms with Gasteiger partial charge in [-0.1, -0.05) is 60.7 Å². The monoisotopic (exact) mass is 329 g/mol. The van der Waals surface area contributed by atoms with E-state index in [0.29, 0.717) is 16.5 Å². The van der Waals surface area contributed by atoms with Crippen molar-refractivity contribution >= 4 is 10.9 Å². The van der Waals surface area contributed by atoms with E-state index in [9.17, 15) is 9.18 Å². The molecule has 0 fully saturated rings. The van der Waals surface area contributed by atoms with Gasteiger partial charge in [0.2, 0.25) is 0 Å². The average Bonchev–Trinajstić information content (AvgIpc) is 2.65. The molecule has 1 aromatic heterocycles. The van der Waals surface area contributed by atoms with E-state index in [0.717, 1.165) is 16.8 Å². The van der Waals surface area contributed by atoms with Gasteiger partial charge >= 0.3 is 0 Å². The van der Waals surface area contributed by atoms with Gasteiger partial charge < -0.3 is 4.57 Å². The Kier molecular flexibility index (Phi) is 3.69. The van der Waals surface area contributed by atoms with Gasteiger partial charge in [0.05, 0.1) is 16.8 Å². The van der Waals surface area contributed by atoms with Gasteiger partial charge in [0.15, 0.2) is 5.43 Å². The largest absolute Gasteiger partial charge is 0.343 e. The second-order valence-electron chi connectivity index (χ2n) is 6.01. The third-order valence-corrected chi connectivity index (χ3v) is 4.47. The van der Waals surface area contributed by atoms with E-state index in [1.165, 1.54) is 12.1 Å². The maximum atomic E-state index is 13.8. The van der Waals surface area contributed by atoms with Crippen molar-refractivity contribution < 1.29 is 4.39 Å². The average molecular weight is 329 g/mol. The zero-order chi connectivity index (χ0) is 17.4. The lowest BCUT2D eigenvalue weighted by molar-refractivity contribution is 0.629. The Labute approximate surface area is 144 Å². The summed E-state index contributed by atoms with van der Waals surface area (Å²) in [6, 6.07) is 23.7. The summed E-state index contributed by atoms with van der Waals surface area (Å²) in [6.45, 7) is 0. The molecular weight excluding hydrogens is 313 g/mol. The van der Waals surface area contributed by atoms with Crippen LogP contribution in [-0.4, -0.2) is 4.57 Å². The third kappa shape index (κ3) is 2.54. The maximum absolute atomic E-state index is 13.8. The standard InChI is InChI=1S/C22H16FNO/c1-24-19-13-12-17(23)14-18(19)22(25)20(15-8-4-2-5-9-15)21(24)16-10-6-3-7-11-16/h2-14H,1H3. The highest BCUT2D eigenvalue weighted by molar-refractivity contribution is 5.92. The molecule has 4 aromatic rings. The van der Waals surface area contributed by atoms with Crippen molar-refractivity contribution in [2.75, 3.05) is 0 Å². The van der Waals surface area contributed by atoms with Crippen molar-refractivity contribution in [2.45, 2.75) is 0 Å². The molecule has 122 valence electrons. The number of nitrogens with zero attached hydrogens (tertiary/aromatic N) is 1. The summed E-state index contributed by atoms with van der Waals surface area (Å²) in [6.07, 6.45) is 0. The summed E-state index contributed by atoms with van der Waals surface area (Å²) in [5.41, 5.74) is 3.76. The smallest absolute Gasteiger partial charge is 0.197 e. The van der Waals surface area contributed by atoms with E-state index in [1.807, 2.05) is 72.3 Å². The minimum Gasteiger partial charge on any atom is -0.343 e. The number of pyridine rings is 1. The lowest BCUT2D eigenvalue weighted by atomic mass is 9.96. The molecular formula is C22H16FNO.